The third-order valence-electron chi connectivity index (χ3n) is 3.63. The van der Waals surface area contributed by atoms with E-state index in [1.54, 1.807) is 14.2 Å². The number of benzene rings is 2. The van der Waals surface area contributed by atoms with Crippen molar-refractivity contribution in [1.82, 2.24) is 5.32 Å². The predicted octanol–water partition coefficient (Wildman–Crippen LogP) is 3.68. The van der Waals surface area contributed by atoms with Gasteiger partial charge in [0.15, 0.2) is 11.5 Å². The molecule has 2 amide bonds. The van der Waals surface area contributed by atoms with Crippen LogP contribution in [0.4, 0.5) is 10.5 Å². The quantitative estimate of drug-likeness (QED) is 0.850. The van der Waals surface area contributed by atoms with E-state index in [1.807, 2.05) is 44.2 Å². The van der Waals surface area contributed by atoms with Crippen LogP contribution < -0.4 is 20.1 Å². The highest BCUT2D eigenvalue weighted by Gasteiger charge is 2.06. The van der Waals surface area contributed by atoms with Gasteiger partial charge < -0.3 is 20.1 Å². The van der Waals surface area contributed by atoms with Crippen molar-refractivity contribution in [1.29, 1.82) is 0 Å². The molecule has 0 heterocycles. The van der Waals surface area contributed by atoms with E-state index >= 15 is 0 Å². The highest BCUT2D eigenvalue weighted by atomic mass is 16.5. The third kappa shape index (κ3) is 4.91. The molecule has 0 spiro atoms. The van der Waals surface area contributed by atoms with Crippen molar-refractivity contribution in [3.8, 4) is 11.5 Å². The standard InChI is InChI=1S/C19H24N2O3/c1-13-9-14(2)11-16(10-13)21-19(22)20-8-7-15-5-6-17(23-3)18(12-15)24-4/h5-6,9-12H,7-8H2,1-4H3,(H2,20,21,22). The summed E-state index contributed by atoms with van der Waals surface area (Å²) in [5, 5.41) is 5.72. The van der Waals surface area contributed by atoms with Crippen molar-refractivity contribution in [2.24, 2.45) is 0 Å². The van der Waals surface area contributed by atoms with E-state index in [9.17, 15) is 4.79 Å². The van der Waals surface area contributed by atoms with Crippen LogP contribution in [0, 0.1) is 13.8 Å². The summed E-state index contributed by atoms with van der Waals surface area (Å²) < 4.78 is 10.5. The number of anilines is 1. The first-order valence-electron chi connectivity index (χ1n) is 7.86. The Balaban J connectivity index is 1.86. The summed E-state index contributed by atoms with van der Waals surface area (Å²) in [4.78, 5) is 12.0. The molecule has 5 heteroatoms. The van der Waals surface area contributed by atoms with Gasteiger partial charge in [0.2, 0.25) is 0 Å². The van der Waals surface area contributed by atoms with Gasteiger partial charge in [-0.3, -0.25) is 0 Å². The van der Waals surface area contributed by atoms with Gasteiger partial charge in [0, 0.05) is 12.2 Å². The Hall–Kier alpha value is -2.69. The number of hydrogen-bond acceptors (Lipinski definition) is 3. The van der Waals surface area contributed by atoms with Gasteiger partial charge in [-0.15, -0.1) is 0 Å². The van der Waals surface area contributed by atoms with E-state index in [0.717, 1.165) is 22.4 Å². The Kier molecular flexibility index (Phi) is 6.07. The number of nitrogens with one attached hydrogen (secondary N) is 2. The molecule has 2 aromatic rings. The van der Waals surface area contributed by atoms with E-state index in [0.29, 0.717) is 24.5 Å². The molecule has 0 aliphatic rings. The fraction of sp³-hybridized carbons (Fsp3) is 0.316. The summed E-state index contributed by atoms with van der Waals surface area (Å²) in [5.41, 5.74) is 4.11. The largest absolute Gasteiger partial charge is 0.493 e. The van der Waals surface area contributed by atoms with Crippen molar-refractivity contribution in [3.05, 3.63) is 53.1 Å². The van der Waals surface area contributed by atoms with Gasteiger partial charge >= 0.3 is 6.03 Å². The van der Waals surface area contributed by atoms with Crippen molar-refractivity contribution in [3.63, 3.8) is 0 Å². The number of amides is 2. The zero-order valence-corrected chi connectivity index (χ0v) is 14.6. The molecule has 0 radical (unpaired) electrons. The summed E-state index contributed by atoms with van der Waals surface area (Å²) in [5.74, 6) is 1.39. The zero-order valence-electron chi connectivity index (χ0n) is 14.6. The van der Waals surface area contributed by atoms with Crippen LogP contribution >= 0.6 is 0 Å². The van der Waals surface area contributed by atoms with Gasteiger partial charge in [0.05, 0.1) is 14.2 Å². The van der Waals surface area contributed by atoms with Crippen LogP contribution in [0.5, 0.6) is 11.5 Å². The van der Waals surface area contributed by atoms with Crippen LogP contribution in [0.25, 0.3) is 0 Å². The molecule has 0 fully saturated rings. The summed E-state index contributed by atoms with van der Waals surface area (Å²) in [6.45, 7) is 4.55. The lowest BCUT2D eigenvalue weighted by atomic mass is 10.1. The first-order chi connectivity index (χ1) is 11.5. The first kappa shape index (κ1) is 17.7. The second kappa shape index (κ2) is 8.24. The SMILES string of the molecule is COc1ccc(CCNC(=O)Nc2cc(C)cc(C)c2)cc1OC. The van der Waals surface area contributed by atoms with Crippen molar-refractivity contribution in [2.75, 3.05) is 26.1 Å². The van der Waals surface area contributed by atoms with E-state index in [1.165, 1.54) is 0 Å². The van der Waals surface area contributed by atoms with Crippen LogP contribution in [0.3, 0.4) is 0 Å². The number of aryl methyl sites for hydroxylation is 2. The summed E-state index contributed by atoms with van der Waals surface area (Å²) in [7, 11) is 3.22. The molecule has 0 aromatic heterocycles. The Morgan fingerprint density at radius 3 is 2.25 bits per heavy atom. The second-order valence-corrected chi connectivity index (χ2v) is 5.70. The maximum absolute atomic E-state index is 12.0. The average Bonchev–Trinajstić information content (AvgIpc) is 2.53. The highest BCUT2D eigenvalue weighted by molar-refractivity contribution is 5.89. The Morgan fingerprint density at radius 1 is 0.958 bits per heavy atom. The normalized spacial score (nSPS) is 10.2. The maximum atomic E-state index is 12.0. The van der Waals surface area contributed by atoms with Gasteiger partial charge in [0.1, 0.15) is 0 Å². The summed E-state index contributed by atoms with van der Waals surface area (Å²) >= 11 is 0. The van der Waals surface area contributed by atoms with Gasteiger partial charge in [-0.1, -0.05) is 12.1 Å². The van der Waals surface area contributed by atoms with Crippen LogP contribution in [-0.4, -0.2) is 26.8 Å². The first-order valence-corrected chi connectivity index (χ1v) is 7.86. The van der Waals surface area contributed by atoms with Gasteiger partial charge in [0.25, 0.3) is 0 Å². The number of methoxy groups -OCH3 is 2. The monoisotopic (exact) mass is 328 g/mol. The molecular weight excluding hydrogens is 304 g/mol. The molecule has 0 aliphatic heterocycles. The van der Waals surface area contributed by atoms with E-state index in [-0.39, 0.29) is 6.03 Å². The zero-order chi connectivity index (χ0) is 17.5. The van der Waals surface area contributed by atoms with Crippen molar-refractivity contribution < 1.29 is 14.3 Å². The molecule has 0 atom stereocenters. The minimum absolute atomic E-state index is 0.208. The fourth-order valence-electron chi connectivity index (χ4n) is 2.58. The maximum Gasteiger partial charge on any atom is 0.319 e. The lowest BCUT2D eigenvalue weighted by molar-refractivity contribution is 0.252. The Morgan fingerprint density at radius 2 is 1.62 bits per heavy atom. The molecule has 128 valence electrons. The lowest BCUT2D eigenvalue weighted by Crippen LogP contribution is -2.30. The van der Waals surface area contributed by atoms with Crippen LogP contribution in [0.1, 0.15) is 16.7 Å². The number of ether oxygens (including phenoxy) is 2. The van der Waals surface area contributed by atoms with Crippen LogP contribution in [0.2, 0.25) is 0 Å². The minimum Gasteiger partial charge on any atom is -0.493 e. The Labute approximate surface area is 143 Å². The topological polar surface area (TPSA) is 59.6 Å². The fourth-order valence-corrected chi connectivity index (χ4v) is 2.58. The summed E-state index contributed by atoms with van der Waals surface area (Å²) in [6, 6.07) is 11.5. The lowest BCUT2D eigenvalue weighted by Gasteiger charge is -2.11. The molecule has 0 saturated heterocycles. The molecule has 2 N–H and O–H groups in total. The van der Waals surface area contributed by atoms with E-state index in [4.69, 9.17) is 9.47 Å². The summed E-state index contributed by atoms with van der Waals surface area (Å²) in [6.07, 6.45) is 0.709. The Bertz CT molecular complexity index is 694. The smallest absolute Gasteiger partial charge is 0.319 e. The molecule has 0 saturated carbocycles. The second-order valence-electron chi connectivity index (χ2n) is 5.70. The minimum atomic E-state index is -0.208. The molecule has 0 unspecified atom stereocenters. The average molecular weight is 328 g/mol. The predicted molar refractivity (Wildman–Crippen MR) is 96.2 cm³/mol. The number of carbonyl (C=O) groups excluding carboxylic acids is 1. The molecule has 5 nitrogen and oxygen atoms in total. The van der Waals surface area contributed by atoms with E-state index in [2.05, 4.69) is 16.7 Å². The molecule has 24 heavy (non-hydrogen) atoms. The van der Waals surface area contributed by atoms with Crippen molar-refractivity contribution in [2.45, 2.75) is 20.3 Å². The van der Waals surface area contributed by atoms with Gasteiger partial charge in [-0.25, -0.2) is 4.79 Å². The molecule has 0 bridgehead atoms. The van der Waals surface area contributed by atoms with Gasteiger partial charge in [-0.2, -0.15) is 0 Å². The molecule has 2 aromatic carbocycles. The highest BCUT2D eigenvalue weighted by Crippen LogP contribution is 2.27. The third-order valence-corrected chi connectivity index (χ3v) is 3.63. The molecular formula is C19H24N2O3. The van der Waals surface area contributed by atoms with Crippen LogP contribution in [-0.2, 0) is 6.42 Å². The number of hydrogen-bond donors (Lipinski definition) is 2. The van der Waals surface area contributed by atoms with Gasteiger partial charge in [-0.05, 0) is 61.2 Å². The van der Waals surface area contributed by atoms with Crippen molar-refractivity contribution >= 4 is 11.7 Å². The molecule has 2 rings (SSSR count). The number of urea groups is 1. The van der Waals surface area contributed by atoms with Crippen LogP contribution in [0.15, 0.2) is 36.4 Å². The van der Waals surface area contributed by atoms with E-state index < -0.39 is 0 Å². The number of rotatable bonds is 6. The number of carbonyl (C=O) groups is 1. The molecule has 0 aliphatic carbocycles.